The van der Waals surface area contributed by atoms with Crippen LogP contribution in [0.2, 0.25) is 0 Å². The number of nitrogens with one attached hydrogen (secondary N) is 1. The average molecular weight is 397 g/mol. The van der Waals surface area contributed by atoms with Gasteiger partial charge in [0.15, 0.2) is 17.3 Å². The van der Waals surface area contributed by atoms with Crippen molar-refractivity contribution < 1.29 is 14.3 Å². The number of amides is 1. The normalized spacial score (nSPS) is 14.3. The Morgan fingerprint density at radius 1 is 1.14 bits per heavy atom. The van der Waals surface area contributed by atoms with Crippen LogP contribution in [0.25, 0.3) is 11.4 Å². The first-order chi connectivity index (χ1) is 13.8. The fourth-order valence-electron chi connectivity index (χ4n) is 2.78. The van der Waals surface area contributed by atoms with Crippen molar-refractivity contribution in [1.82, 2.24) is 19.7 Å². The second-order valence-corrected chi connectivity index (χ2v) is 6.98. The molecule has 1 N–H and O–H groups in total. The minimum atomic E-state index is -0.357. The largest absolute Gasteiger partial charge is 0.348 e. The van der Waals surface area contributed by atoms with Gasteiger partial charge in [-0.05, 0) is 24.3 Å². The van der Waals surface area contributed by atoms with Crippen molar-refractivity contribution in [2.24, 2.45) is 0 Å². The third-order valence-electron chi connectivity index (χ3n) is 4.05. The zero-order valence-corrected chi connectivity index (χ0v) is 15.8. The predicted molar refractivity (Wildman–Crippen MR) is 105 cm³/mol. The molecule has 1 fully saturated rings. The second-order valence-electron chi connectivity index (χ2n) is 6.03. The van der Waals surface area contributed by atoms with Gasteiger partial charge < -0.3 is 14.8 Å². The van der Waals surface area contributed by atoms with Crippen LogP contribution in [0, 0.1) is 0 Å². The quantitative estimate of drug-likeness (QED) is 0.612. The van der Waals surface area contributed by atoms with E-state index in [1.165, 1.54) is 11.8 Å². The van der Waals surface area contributed by atoms with Crippen molar-refractivity contribution in [2.45, 2.75) is 18.0 Å². The minimum Gasteiger partial charge on any atom is -0.348 e. The van der Waals surface area contributed by atoms with Crippen molar-refractivity contribution >= 4 is 23.4 Å². The van der Waals surface area contributed by atoms with Gasteiger partial charge >= 0.3 is 0 Å². The molecule has 144 valence electrons. The monoisotopic (exact) mass is 397 g/mol. The first-order valence-electron chi connectivity index (χ1n) is 8.84. The Balaban J connectivity index is 1.49. The van der Waals surface area contributed by atoms with Crippen molar-refractivity contribution in [3.63, 3.8) is 0 Å². The molecule has 1 aliphatic heterocycles. The Labute approximate surface area is 166 Å². The Kier molecular flexibility index (Phi) is 5.95. The molecule has 9 heteroatoms. The number of pyridine rings is 1. The zero-order chi connectivity index (χ0) is 19.2. The summed E-state index contributed by atoms with van der Waals surface area (Å²) < 4.78 is 13.1. The third-order valence-corrected chi connectivity index (χ3v) is 5.02. The smallest absolute Gasteiger partial charge is 0.234 e. The van der Waals surface area contributed by atoms with Crippen LogP contribution in [-0.2, 0) is 20.8 Å². The zero-order valence-electron chi connectivity index (χ0n) is 15.0. The number of benzene rings is 1. The van der Waals surface area contributed by atoms with E-state index in [1.807, 2.05) is 47.0 Å². The molecule has 0 saturated carbocycles. The molecule has 0 unspecified atom stereocenters. The fraction of sp³-hybridized carbons (Fsp3) is 0.263. The number of rotatable bonds is 7. The summed E-state index contributed by atoms with van der Waals surface area (Å²) in [6.45, 7) is 1.58. The van der Waals surface area contributed by atoms with E-state index in [2.05, 4.69) is 20.5 Å². The first kappa shape index (κ1) is 18.6. The molecule has 4 rings (SSSR count). The summed E-state index contributed by atoms with van der Waals surface area (Å²) in [6.07, 6.45) is 3.08. The molecular formula is C19H19N5O3S. The van der Waals surface area contributed by atoms with E-state index in [1.54, 1.807) is 12.4 Å². The van der Waals surface area contributed by atoms with Crippen molar-refractivity contribution in [2.75, 3.05) is 24.3 Å². The van der Waals surface area contributed by atoms with Gasteiger partial charge in [-0.15, -0.1) is 10.2 Å². The van der Waals surface area contributed by atoms with Crippen LogP contribution in [-0.4, -0.2) is 50.9 Å². The van der Waals surface area contributed by atoms with Gasteiger partial charge in [0.05, 0.1) is 25.5 Å². The highest BCUT2D eigenvalue weighted by molar-refractivity contribution is 7.99. The molecule has 1 aliphatic rings. The number of carbonyl (C=O) groups is 1. The molecule has 0 bridgehead atoms. The highest BCUT2D eigenvalue weighted by Crippen LogP contribution is 2.25. The van der Waals surface area contributed by atoms with Crippen LogP contribution in [0.4, 0.5) is 5.69 Å². The number of hydrogen-bond donors (Lipinski definition) is 1. The van der Waals surface area contributed by atoms with E-state index in [-0.39, 0.29) is 18.0 Å². The van der Waals surface area contributed by atoms with Gasteiger partial charge in [-0.25, -0.2) is 0 Å². The molecule has 3 heterocycles. The molecule has 1 saturated heterocycles. The Morgan fingerprint density at radius 3 is 2.71 bits per heavy atom. The number of aromatic nitrogens is 4. The third kappa shape index (κ3) is 4.56. The summed E-state index contributed by atoms with van der Waals surface area (Å²) in [5.41, 5.74) is 1.60. The van der Waals surface area contributed by atoms with Gasteiger partial charge in [0, 0.05) is 23.6 Å². The highest BCUT2D eigenvalue weighted by Gasteiger charge is 2.22. The number of hydrogen-bond acceptors (Lipinski definition) is 7. The maximum Gasteiger partial charge on any atom is 0.234 e. The molecule has 8 nitrogen and oxygen atoms in total. The Hall–Kier alpha value is -2.75. The van der Waals surface area contributed by atoms with Crippen LogP contribution >= 0.6 is 11.8 Å². The predicted octanol–water partition coefficient (Wildman–Crippen LogP) is 2.44. The summed E-state index contributed by atoms with van der Waals surface area (Å²) in [5, 5.41) is 12.1. The summed E-state index contributed by atoms with van der Waals surface area (Å²) in [7, 11) is 0. The van der Waals surface area contributed by atoms with Crippen LogP contribution in [0.1, 0.15) is 0 Å². The lowest BCUT2D eigenvalue weighted by Gasteiger charge is -2.14. The number of ether oxygens (including phenoxy) is 2. The Morgan fingerprint density at radius 2 is 1.96 bits per heavy atom. The average Bonchev–Trinajstić information content (AvgIpc) is 3.38. The molecule has 1 amide bonds. The van der Waals surface area contributed by atoms with E-state index >= 15 is 0 Å². The van der Waals surface area contributed by atoms with Crippen molar-refractivity contribution in [3.05, 3.63) is 54.9 Å². The van der Waals surface area contributed by atoms with Gasteiger partial charge in [-0.3, -0.25) is 14.3 Å². The maximum atomic E-state index is 12.3. The molecule has 28 heavy (non-hydrogen) atoms. The summed E-state index contributed by atoms with van der Waals surface area (Å²) in [5.74, 6) is 0.770. The molecule has 3 aromatic rings. The lowest BCUT2D eigenvalue weighted by Crippen LogP contribution is -2.19. The van der Waals surface area contributed by atoms with Gasteiger partial charge in [0.2, 0.25) is 5.91 Å². The second kappa shape index (κ2) is 8.96. The standard InChI is InChI=1S/C19H19N5O3S/c25-16(21-15-6-2-1-3-7-15)13-28-19-23-22-18(14-5-4-8-20-11-14)24(19)12-17-26-9-10-27-17/h1-8,11,17H,9-10,12-13H2,(H,21,25). The van der Waals surface area contributed by atoms with Crippen LogP contribution < -0.4 is 5.32 Å². The van der Waals surface area contributed by atoms with Gasteiger partial charge in [0.25, 0.3) is 0 Å². The summed E-state index contributed by atoms with van der Waals surface area (Å²) in [6, 6.07) is 13.1. The topological polar surface area (TPSA) is 91.2 Å². The van der Waals surface area contributed by atoms with E-state index in [0.717, 1.165) is 11.3 Å². The highest BCUT2D eigenvalue weighted by atomic mass is 32.2. The molecule has 2 aromatic heterocycles. The molecule has 0 atom stereocenters. The molecule has 0 aliphatic carbocycles. The van der Waals surface area contributed by atoms with Crippen LogP contribution in [0.3, 0.4) is 0 Å². The van der Waals surface area contributed by atoms with E-state index < -0.39 is 0 Å². The van der Waals surface area contributed by atoms with Crippen LogP contribution in [0.5, 0.6) is 0 Å². The molecule has 0 radical (unpaired) electrons. The van der Waals surface area contributed by atoms with E-state index in [9.17, 15) is 4.79 Å². The van der Waals surface area contributed by atoms with E-state index in [0.29, 0.717) is 30.7 Å². The minimum absolute atomic E-state index is 0.109. The lowest BCUT2D eigenvalue weighted by atomic mass is 10.3. The van der Waals surface area contributed by atoms with E-state index in [4.69, 9.17) is 9.47 Å². The summed E-state index contributed by atoms with van der Waals surface area (Å²) >= 11 is 1.32. The number of thioether (sulfide) groups is 1. The van der Waals surface area contributed by atoms with Crippen LogP contribution in [0.15, 0.2) is 60.0 Å². The van der Waals surface area contributed by atoms with Gasteiger partial charge in [-0.1, -0.05) is 30.0 Å². The fourth-order valence-corrected chi connectivity index (χ4v) is 3.53. The summed E-state index contributed by atoms with van der Waals surface area (Å²) in [4.78, 5) is 16.4. The number of para-hydroxylation sites is 1. The molecular weight excluding hydrogens is 378 g/mol. The number of anilines is 1. The van der Waals surface area contributed by atoms with Crippen molar-refractivity contribution in [3.8, 4) is 11.4 Å². The SMILES string of the molecule is O=C(CSc1nnc(-c2cccnc2)n1CC1OCCO1)Nc1ccccc1. The van der Waals surface area contributed by atoms with Crippen molar-refractivity contribution in [1.29, 1.82) is 0 Å². The number of nitrogens with zero attached hydrogens (tertiary/aromatic N) is 4. The molecule has 0 spiro atoms. The number of carbonyl (C=O) groups excluding carboxylic acids is 1. The molecule has 1 aromatic carbocycles. The lowest BCUT2D eigenvalue weighted by molar-refractivity contribution is -0.113. The van der Waals surface area contributed by atoms with Gasteiger partial charge in [0.1, 0.15) is 0 Å². The first-order valence-corrected chi connectivity index (χ1v) is 9.82. The van der Waals surface area contributed by atoms with Gasteiger partial charge in [-0.2, -0.15) is 0 Å². The maximum absolute atomic E-state index is 12.3. The Bertz CT molecular complexity index is 914.